The topological polar surface area (TPSA) is 66.0 Å². The second kappa shape index (κ2) is 3.84. The lowest BCUT2D eigenvalue weighted by molar-refractivity contribution is 0.415. The van der Waals surface area contributed by atoms with Crippen molar-refractivity contribution in [2.24, 2.45) is 7.05 Å². The Morgan fingerprint density at radius 1 is 1.31 bits per heavy atom. The van der Waals surface area contributed by atoms with Crippen molar-refractivity contribution in [1.82, 2.24) is 14.8 Å². The van der Waals surface area contributed by atoms with Crippen LogP contribution in [0.4, 0.5) is 5.69 Å². The van der Waals surface area contributed by atoms with Crippen LogP contribution >= 0.6 is 0 Å². The molecule has 0 fully saturated rings. The zero-order valence-electron chi connectivity index (χ0n) is 9.56. The third kappa shape index (κ3) is 1.98. The van der Waals surface area contributed by atoms with Crippen LogP contribution in [0, 0.1) is 13.8 Å². The summed E-state index contributed by atoms with van der Waals surface area (Å²) in [6, 6.07) is 5.37. The van der Waals surface area contributed by atoms with Crippen molar-refractivity contribution < 1.29 is 4.74 Å². The van der Waals surface area contributed by atoms with Gasteiger partial charge in [0.1, 0.15) is 0 Å². The summed E-state index contributed by atoms with van der Waals surface area (Å²) in [6.07, 6.45) is 0. The Hall–Kier alpha value is -2.04. The number of ether oxygens (including phenoxy) is 1. The quantitative estimate of drug-likeness (QED) is 0.834. The van der Waals surface area contributed by atoms with Gasteiger partial charge in [-0.15, -0.1) is 0 Å². The minimum atomic E-state index is 0.523. The standard InChI is InChI=1S/C11H14N4O/c1-7-6-11(15(3)14-7)16-10-5-4-9(12)8(2)13-10/h4-6H,12H2,1-3H3. The Morgan fingerprint density at radius 3 is 2.62 bits per heavy atom. The Morgan fingerprint density at radius 2 is 2.06 bits per heavy atom. The van der Waals surface area contributed by atoms with Crippen molar-refractivity contribution in [1.29, 1.82) is 0 Å². The predicted octanol–water partition coefficient (Wildman–Crippen LogP) is 1.81. The summed E-state index contributed by atoms with van der Waals surface area (Å²) in [5.41, 5.74) is 8.01. The molecule has 0 amide bonds. The second-order valence-electron chi connectivity index (χ2n) is 3.67. The van der Waals surface area contributed by atoms with Gasteiger partial charge in [0.25, 0.3) is 0 Å². The van der Waals surface area contributed by atoms with Crippen molar-refractivity contribution in [3.8, 4) is 11.8 Å². The number of anilines is 1. The van der Waals surface area contributed by atoms with Crippen LogP contribution in [-0.2, 0) is 7.05 Å². The van der Waals surface area contributed by atoms with E-state index in [1.165, 1.54) is 0 Å². The molecule has 0 aliphatic rings. The van der Waals surface area contributed by atoms with E-state index in [1.54, 1.807) is 16.8 Å². The van der Waals surface area contributed by atoms with Gasteiger partial charge in [-0.1, -0.05) is 0 Å². The fourth-order valence-corrected chi connectivity index (χ4v) is 1.40. The van der Waals surface area contributed by atoms with Gasteiger partial charge in [0.15, 0.2) is 0 Å². The molecular formula is C11H14N4O. The predicted molar refractivity (Wildman–Crippen MR) is 61.4 cm³/mol. The molecule has 16 heavy (non-hydrogen) atoms. The third-order valence-electron chi connectivity index (χ3n) is 2.27. The average Bonchev–Trinajstić information content (AvgIpc) is 2.51. The van der Waals surface area contributed by atoms with Crippen LogP contribution in [0.5, 0.6) is 11.8 Å². The number of pyridine rings is 1. The molecule has 2 heterocycles. The Kier molecular flexibility index (Phi) is 2.52. The van der Waals surface area contributed by atoms with E-state index in [1.807, 2.05) is 27.0 Å². The molecule has 5 heteroatoms. The molecule has 0 aliphatic heterocycles. The minimum absolute atomic E-state index is 0.523. The van der Waals surface area contributed by atoms with Gasteiger partial charge in [0.05, 0.1) is 17.1 Å². The number of hydrogen-bond donors (Lipinski definition) is 1. The molecule has 0 saturated heterocycles. The van der Waals surface area contributed by atoms with Crippen LogP contribution in [0.2, 0.25) is 0 Å². The highest BCUT2D eigenvalue weighted by Gasteiger charge is 2.06. The molecule has 0 aliphatic carbocycles. The number of aromatic nitrogens is 3. The Labute approximate surface area is 93.9 Å². The first kappa shape index (κ1) is 10.5. The van der Waals surface area contributed by atoms with Crippen molar-refractivity contribution >= 4 is 5.69 Å². The molecule has 0 radical (unpaired) electrons. The van der Waals surface area contributed by atoms with E-state index in [-0.39, 0.29) is 0 Å². The largest absolute Gasteiger partial charge is 0.421 e. The average molecular weight is 218 g/mol. The molecule has 0 atom stereocenters. The lowest BCUT2D eigenvalue weighted by atomic mass is 10.3. The Bertz CT molecular complexity index is 519. The van der Waals surface area contributed by atoms with Gasteiger partial charge in [-0.25, -0.2) is 9.67 Å². The van der Waals surface area contributed by atoms with Gasteiger partial charge in [-0.05, 0) is 19.9 Å². The lowest BCUT2D eigenvalue weighted by Gasteiger charge is -2.06. The maximum absolute atomic E-state index is 5.68. The van der Waals surface area contributed by atoms with Crippen molar-refractivity contribution in [2.75, 3.05) is 5.73 Å². The molecule has 0 spiro atoms. The molecule has 2 aromatic heterocycles. The number of nitrogen functional groups attached to an aromatic ring is 1. The van der Waals surface area contributed by atoms with E-state index in [9.17, 15) is 0 Å². The molecule has 84 valence electrons. The van der Waals surface area contributed by atoms with Crippen LogP contribution in [0.1, 0.15) is 11.4 Å². The van der Waals surface area contributed by atoms with Gasteiger partial charge in [-0.3, -0.25) is 0 Å². The zero-order chi connectivity index (χ0) is 11.7. The summed E-state index contributed by atoms with van der Waals surface area (Å²) in [5, 5.41) is 4.19. The molecular weight excluding hydrogens is 204 g/mol. The fourth-order valence-electron chi connectivity index (χ4n) is 1.40. The monoisotopic (exact) mass is 218 g/mol. The maximum Gasteiger partial charge on any atom is 0.221 e. The van der Waals surface area contributed by atoms with Crippen LogP contribution in [0.15, 0.2) is 18.2 Å². The SMILES string of the molecule is Cc1cc(Oc2ccc(N)c(C)n2)n(C)n1. The van der Waals surface area contributed by atoms with Crippen molar-refractivity contribution in [3.63, 3.8) is 0 Å². The lowest BCUT2D eigenvalue weighted by Crippen LogP contribution is -1.98. The van der Waals surface area contributed by atoms with Gasteiger partial charge < -0.3 is 10.5 Å². The number of rotatable bonds is 2. The van der Waals surface area contributed by atoms with Gasteiger partial charge in [0.2, 0.25) is 11.8 Å². The molecule has 5 nitrogen and oxygen atoms in total. The van der Waals surface area contributed by atoms with E-state index in [0.29, 0.717) is 17.4 Å². The Balaban J connectivity index is 2.27. The third-order valence-corrected chi connectivity index (χ3v) is 2.27. The second-order valence-corrected chi connectivity index (χ2v) is 3.67. The summed E-state index contributed by atoms with van der Waals surface area (Å²) in [6.45, 7) is 3.76. The molecule has 2 aromatic rings. The molecule has 0 aromatic carbocycles. The molecule has 0 unspecified atom stereocenters. The summed E-state index contributed by atoms with van der Waals surface area (Å²) in [5.74, 6) is 1.18. The fraction of sp³-hybridized carbons (Fsp3) is 0.273. The van der Waals surface area contributed by atoms with Crippen molar-refractivity contribution in [2.45, 2.75) is 13.8 Å². The molecule has 2 rings (SSSR count). The van der Waals surface area contributed by atoms with E-state index in [4.69, 9.17) is 10.5 Å². The molecule has 0 saturated carbocycles. The normalized spacial score (nSPS) is 10.4. The highest BCUT2D eigenvalue weighted by molar-refractivity contribution is 5.44. The van der Waals surface area contributed by atoms with E-state index >= 15 is 0 Å². The van der Waals surface area contributed by atoms with Crippen LogP contribution in [0.3, 0.4) is 0 Å². The zero-order valence-corrected chi connectivity index (χ0v) is 9.56. The first-order valence-corrected chi connectivity index (χ1v) is 4.98. The van der Waals surface area contributed by atoms with Crippen molar-refractivity contribution in [3.05, 3.63) is 29.6 Å². The molecule has 2 N–H and O–H groups in total. The van der Waals surface area contributed by atoms with Gasteiger partial charge in [0, 0.05) is 19.2 Å². The molecule has 0 bridgehead atoms. The van der Waals surface area contributed by atoms with E-state index in [2.05, 4.69) is 10.1 Å². The van der Waals surface area contributed by atoms with Gasteiger partial charge in [-0.2, -0.15) is 5.10 Å². The number of nitrogens with two attached hydrogens (primary N) is 1. The highest BCUT2D eigenvalue weighted by atomic mass is 16.5. The summed E-state index contributed by atoms with van der Waals surface area (Å²) in [7, 11) is 1.83. The summed E-state index contributed by atoms with van der Waals surface area (Å²) in [4.78, 5) is 4.23. The summed E-state index contributed by atoms with van der Waals surface area (Å²) >= 11 is 0. The van der Waals surface area contributed by atoms with Gasteiger partial charge >= 0.3 is 0 Å². The smallest absolute Gasteiger partial charge is 0.221 e. The first-order chi connectivity index (χ1) is 7.56. The number of nitrogens with zero attached hydrogens (tertiary/aromatic N) is 3. The van der Waals surface area contributed by atoms with Crippen LogP contribution < -0.4 is 10.5 Å². The number of aryl methyl sites for hydroxylation is 3. The van der Waals surface area contributed by atoms with Crippen LogP contribution in [-0.4, -0.2) is 14.8 Å². The summed E-state index contributed by atoms with van der Waals surface area (Å²) < 4.78 is 7.27. The minimum Gasteiger partial charge on any atom is -0.421 e. The first-order valence-electron chi connectivity index (χ1n) is 4.98. The van der Waals surface area contributed by atoms with E-state index in [0.717, 1.165) is 11.4 Å². The van der Waals surface area contributed by atoms with Crippen LogP contribution in [0.25, 0.3) is 0 Å². The highest BCUT2D eigenvalue weighted by Crippen LogP contribution is 2.21. The van der Waals surface area contributed by atoms with E-state index < -0.39 is 0 Å². The maximum atomic E-state index is 5.68. The number of hydrogen-bond acceptors (Lipinski definition) is 4.